The van der Waals surface area contributed by atoms with E-state index in [0.717, 1.165) is 0 Å². The van der Waals surface area contributed by atoms with Crippen LogP contribution in [0.1, 0.15) is 101 Å². The molecule has 0 spiro atoms. The predicted octanol–water partition coefficient (Wildman–Crippen LogP) is 11.8. The number of halogens is 2. The molecule has 0 N–H and O–H groups in total. The van der Waals surface area contributed by atoms with Gasteiger partial charge in [-0.2, -0.15) is 0 Å². The van der Waals surface area contributed by atoms with E-state index < -0.39 is 16.6 Å². The van der Waals surface area contributed by atoms with E-state index in [1.54, 1.807) is 22.3 Å². The fourth-order valence-corrected chi connectivity index (χ4v) is 24.0. The molecule has 3 heteroatoms. The van der Waals surface area contributed by atoms with Crippen LogP contribution in [0.2, 0.25) is 9.45 Å². The van der Waals surface area contributed by atoms with Crippen molar-refractivity contribution in [2.75, 3.05) is 0 Å². The number of benzene rings is 8. The van der Waals surface area contributed by atoms with Gasteiger partial charge in [-0.3, -0.25) is 0 Å². The maximum absolute atomic E-state index is 2.85. The Morgan fingerprint density at radius 3 is 1.06 bits per heavy atom. The molecule has 0 nitrogen and oxygen atoms in total. The predicted molar refractivity (Wildman–Crippen MR) is 263 cm³/mol. The van der Waals surface area contributed by atoms with Gasteiger partial charge in [-0.1, -0.05) is 0 Å². The largest absolute Gasteiger partial charge is 1.00 e. The van der Waals surface area contributed by atoms with E-state index in [1.165, 1.54) is 145 Å². The Hall–Kier alpha value is -4.43. The van der Waals surface area contributed by atoms with Crippen LogP contribution in [0.3, 0.4) is 0 Å². The average molecular weight is 908 g/mol. The zero-order valence-electron chi connectivity index (χ0n) is 36.8. The Balaban J connectivity index is 0.00000228. The molecule has 8 aromatic rings. The minimum atomic E-state index is -2.85. The third-order valence-electron chi connectivity index (χ3n) is 16.9. The normalized spacial score (nSPS) is 20.1. The van der Waals surface area contributed by atoms with Crippen LogP contribution in [0, 0.1) is 11.8 Å². The van der Waals surface area contributed by atoms with Crippen LogP contribution in [0.4, 0.5) is 0 Å². The molecule has 5 aliphatic rings. The molecule has 0 aromatic heterocycles. The molecule has 64 heavy (non-hydrogen) atoms. The third-order valence-corrected chi connectivity index (χ3v) is 26.5. The molecule has 2 unspecified atom stereocenters. The second kappa shape index (κ2) is 17.1. The van der Waals surface area contributed by atoms with Gasteiger partial charge in [-0.05, 0) is 0 Å². The first kappa shape index (κ1) is 42.2. The molecule has 1 saturated heterocycles. The summed E-state index contributed by atoms with van der Waals surface area (Å²) in [6, 6.07) is 56.7. The topological polar surface area (TPSA) is 0 Å². The molecule has 0 radical (unpaired) electrons. The fourth-order valence-electron chi connectivity index (χ4n) is 14.1. The maximum atomic E-state index is 2.84. The van der Waals surface area contributed by atoms with Crippen LogP contribution in [0.15, 0.2) is 157 Å². The zero-order valence-corrected chi connectivity index (χ0v) is 39.8. The molecule has 4 aliphatic carbocycles. The van der Waals surface area contributed by atoms with Gasteiger partial charge in [0, 0.05) is 0 Å². The fraction of sp³-hybridized carbons (Fsp3) is 0.279. The summed E-state index contributed by atoms with van der Waals surface area (Å²) >= 11 is -2.85. The number of hydrogen-bond acceptors (Lipinski definition) is 0. The van der Waals surface area contributed by atoms with E-state index in [0.29, 0.717) is 20.3 Å². The molecule has 3 fully saturated rings. The van der Waals surface area contributed by atoms with E-state index in [-0.39, 0.29) is 24.8 Å². The van der Waals surface area contributed by atoms with Crippen molar-refractivity contribution in [3.05, 3.63) is 179 Å². The smallest absolute Gasteiger partial charge is 1.00 e. The molecule has 2 saturated carbocycles. The summed E-state index contributed by atoms with van der Waals surface area (Å²) in [6.07, 6.45) is 20.9. The maximum Gasteiger partial charge on any atom is -1.00 e. The summed E-state index contributed by atoms with van der Waals surface area (Å²) in [5.74, 6) is 1.41. The van der Waals surface area contributed by atoms with Crippen molar-refractivity contribution in [2.45, 2.75) is 88.5 Å². The monoisotopic (exact) mass is 906 g/mol. The Bertz CT molecular complexity index is 2840. The number of rotatable bonds is 6. The Morgan fingerprint density at radius 1 is 0.359 bits per heavy atom. The van der Waals surface area contributed by atoms with Gasteiger partial charge in [0.2, 0.25) is 0 Å². The standard InChI is InChI=1S/2C29H25.C3H6.2ClH.Ti/c2*1-2-9-20(10-3-1)24-18-23-13-8-16-27(28(23)19-24)29-25-14-6-4-11-21(25)17-22-12-5-7-15-26(22)29;1-3-2;;;/h2*4-8,11-20H,1-3,9-10H2;1-3H2;2*1H;/q;;;;;+2/p-2. The van der Waals surface area contributed by atoms with Crippen molar-refractivity contribution in [3.63, 3.8) is 0 Å². The summed E-state index contributed by atoms with van der Waals surface area (Å²) in [4.78, 5) is 0. The second-order valence-corrected chi connectivity index (χ2v) is 27.1. The SMILES string of the molecule is C1=C(C2CCCCC2)[CH]([Ti+2]2([CH]3C(C4CCCCC4)=Cc4c(-c5c6ccccc6cc6ccccc56)cccc43)[CH2]C[CH2]2)c2cccc(-c3c4ccccc4cc4ccccc34)c21.[Cl-].[Cl-]. The molecule has 1 aliphatic heterocycles. The first-order valence-corrected chi connectivity index (χ1v) is 28.3. The van der Waals surface area contributed by atoms with Gasteiger partial charge in [-0.25, -0.2) is 0 Å². The molecular weight excluding hydrogens is 851 g/mol. The molecule has 0 bridgehead atoms. The van der Waals surface area contributed by atoms with Crippen molar-refractivity contribution in [2.24, 2.45) is 11.8 Å². The Kier molecular flexibility index (Phi) is 11.3. The van der Waals surface area contributed by atoms with Crippen molar-refractivity contribution >= 4 is 55.2 Å². The molecule has 8 aromatic carbocycles. The quantitative estimate of drug-likeness (QED) is 0.115. The molecule has 1 heterocycles. The van der Waals surface area contributed by atoms with Crippen LogP contribution >= 0.6 is 0 Å². The first-order valence-electron chi connectivity index (χ1n) is 24.3. The summed E-state index contributed by atoms with van der Waals surface area (Å²) in [6.45, 7) is 0. The van der Waals surface area contributed by atoms with Gasteiger partial charge >= 0.3 is 373 Å². The molecule has 0 amide bonds. The summed E-state index contributed by atoms with van der Waals surface area (Å²) < 4.78 is 4.22. The Morgan fingerprint density at radius 2 is 0.719 bits per heavy atom. The minimum absolute atomic E-state index is 0. The number of hydrogen-bond donors (Lipinski definition) is 0. The number of fused-ring (bicyclic) bond motifs is 6. The molecule has 318 valence electrons. The third kappa shape index (κ3) is 6.56. The van der Waals surface area contributed by atoms with Gasteiger partial charge in [0.25, 0.3) is 0 Å². The van der Waals surface area contributed by atoms with Crippen LogP contribution in [-0.2, 0) is 16.6 Å². The average Bonchev–Trinajstić information content (AvgIpc) is 3.91. The van der Waals surface area contributed by atoms with E-state index in [9.17, 15) is 0 Å². The van der Waals surface area contributed by atoms with Crippen LogP contribution in [-0.4, -0.2) is 0 Å². The number of allylic oxidation sites excluding steroid dienone is 2. The second-order valence-electron chi connectivity index (χ2n) is 19.9. The van der Waals surface area contributed by atoms with Crippen molar-refractivity contribution < 1.29 is 41.4 Å². The van der Waals surface area contributed by atoms with Gasteiger partial charge in [0.05, 0.1) is 0 Å². The van der Waals surface area contributed by atoms with Crippen molar-refractivity contribution in [3.8, 4) is 22.3 Å². The molecule has 13 rings (SSSR count). The summed E-state index contributed by atoms with van der Waals surface area (Å²) in [5, 5.41) is 10.9. The van der Waals surface area contributed by atoms with E-state index in [1.807, 2.05) is 11.1 Å². The van der Waals surface area contributed by atoms with Crippen molar-refractivity contribution in [1.82, 2.24) is 0 Å². The molecular formula is C61H56Cl2Ti. The zero-order chi connectivity index (χ0) is 40.8. The van der Waals surface area contributed by atoms with Gasteiger partial charge in [0.1, 0.15) is 0 Å². The van der Waals surface area contributed by atoms with Crippen LogP contribution in [0.25, 0.3) is 77.5 Å². The van der Waals surface area contributed by atoms with Crippen LogP contribution < -0.4 is 24.8 Å². The van der Waals surface area contributed by atoms with E-state index in [4.69, 9.17) is 0 Å². The van der Waals surface area contributed by atoms with Crippen LogP contribution in [0.5, 0.6) is 0 Å². The van der Waals surface area contributed by atoms with Gasteiger partial charge < -0.3 is 24.8 Å². The minimum Gasteiger partial charge on any atom is -1.00 e. The Labute approximate surface area is 395 Å². The van der Waals surface area contributed by atoms with E-state index >= 15 is 0 Å². The summed E-state index contributed by atoms with van der Waals surface area (Å²) in [7, 11) is 0. The summed E-state index contributed by atoms with van der Waals surface area (Å²) in [5.41, 5.74) is 16.1. The van der Waals surface area contributed by atoms with Crippen molar-refractivity contribution in [1.29, 1.82) is 0 Å². The van der Waals surface area contributed by atoms with Gasteiger partial charge in [-0.15, -0.1) is 0 Å². The first-order chi connectivity index (χ1) is 30.7. The van der Waals surface area contributed by atoms with E-state index in [2.05, 4.69) is 158 Å². The molecule has 2 atom stereocenters. The van der Waals surface area contributed by atoms with Gasteiger partial charge in [0.15, 0.2) is 0 Å².